The van der Waals surface area contributed by atoms with E-state index in [9.17, 15) is 9.59 Å². The minimum atomic E-state index is -0.0394. The molecule has 1 aliphatic heterocycles. The van der Waals surface area contributed by atoms with Crippen LogP contribution in [0.5, 0.6) is 0 Å². The van der Waals surface area contributed by atoms with Gasteiger partial charge in [-0.3, -0.25) is 9.59 Å². The van der Waals surface area contributed by atoms with Crippen LogP contribution in [0.3, 0.4) is 0 Å². The zero-order valence-electron chi connectivity index (χ0n) is 19.6. The maximum atomic E-state index is 13.3. The molecule has 168 valence electrons. The lowest BCUT2D eigenvalue weighted by Gasteiger charge is -2.43. The molecule has 1 aliphatic carbocycles. The normalized spacial score (nSPS) is 18.4. The van der Waals surface area contributed by atoms with Crippen LogP contribution in [-0.4, -0.2) is 39.6 Å². The molecule has 2 aromatic heterocycles. The molecule has 32 heavy (non-hydrogen) atoms. The minimum absolute atomic E-state index is 0.0281. The fourth-order valence-electron chi connectivity index (χ4n) is 5.23. The number of likely N-dealkylation sites (tertiary alicyclic amines) is 1. The highest BCUT2D eigenvalue weighted by molar-refractivity contribution is 7.12. The quantitative estimate of drug-likeness (QED) is 0.527. The second-order valence-corrected chi connectivity index (χ2v) is 11.9. The Morgan fingerprint density at radius 3 is 2.53 bits per heavy atom. The van der Waals surface area contributed by atoms with Crippen molar-refractivity contribution in [2.24, 2.45) is 5.41 Å². The lowest BCUT2D eigenvalue weighted by atomic mass is 9.68. The van der Waals surface area contributed by atoms with E-state index in [1.807, 2.05) is 30.2 Å². The van der Waals surface area contributed by atoms with E-state index in [4.69, 9.17) is 4.98 Å². The summed E-state index contributed by atoms with van der Waals surface area (Å²) in [5.74, 6) is 0.280. The molecule has 0 saturated carbocycles. The summed E-state index contributed by atoms with van der Waals surface area (Å²) in [5.41, 5.74) is 4.75. The van der Waals surface area contributed by atoms with Crippen LogP contribution in [0.15, 0.2) is 18.3 Å². The number of rotatable bonds is 1. The van der Waals surface area contributed by atoms with E-state index in [-0.39, 0.29) is 22.5 Å². The SMILES string of the molecule is Cc1c[nH]c2c(C)cc(C(=O)N3CCC4(CC3)CC(=O)c3nc(C(C)(C)C)sc3C4)cc12. The molecule has 3 heterocycles. The average molecular weight is 450 g/mol. The number of H-pyrrole nitrogens is 1. The van der Waals surface area contributed by atoms with Crippen LogP contribution < -0.4 is 0 Å². The second kappa shape index (κ2) is 7.27. The van der Waals surface area contributed by atoms with Crippen LogP contribution in [0, 0.1) is 19.3 Å². The molecule has 1 amide bonds. The Bertz CT molecular complexity index is 1240. The van der Waals surface area contributed by atoms with Gasteiger partial charge in [-0.25, -0.2) is 4.98 Å². The van der Waals surface area contributed by atoms with Gasteiger partial charge in [0.2, 0.25) is 0 Å². The van der Waals surface area contributed by atoms with Crippen LogP contribution >= 0.6 is 11.3 Å². The predicted octanol–water partition coefficient (Wildman–Crippen LogP) is 5.59. The number of aromatic amines is 1. The first-order chi connectivity index (χ1) is 15.1. The number of piperidine rings is 1. The number of ketones is 1. The van der Waals surface area contributed by atoms with Gasteiger partial charge >= 0.3 is 0 Å². The number of nitrogens with zero attached hydrogens (tertiary/aromatic N) is 2. The third-order valence-electron chi connectivity index (χ3n) is 7.23. The largest absolute Gasteiger partial charge is 0.361 e. The van der Waals surface area contributed by atoms with Gasteiger partial charge in [0.05, 0.1) is 5.01 Å². The summed E-state index contributed by atoms with van der Waals surface area (Å²) in [6, 6.07) is 4.01. The van der Waals surface area contributed by atoms with Crippen molar-refractivity contribution in [2.45, 2.75) is 65.7 Å². The third-order valence-corrected chi connectivity index (χ3v) is 8.71. The third kappa shape index (κ3) is 3.49. The van der Waals surface area contributed by atoms with Gasteiger partial charge < -0.3 is 9.88 Å². The van der Waals surface area contributed by atoms with Gasteiger partial charge in [0.25, 0.3) is 5.91 Å². The van der Waals surface area contributed by atoms with Crippen molar-refractivity contribution in [3.63, 3.8) is 0 Å². The van der Waals surface area contributed by atoms with E-state index in [1.54, 1.807) is 11.3 Å². The smallest absolute Gasteiger partial charge is 0.253 e. The lowest BCUT2D eigenvalue weighted by Crippen LogP contribution is -2.46. The van der Waals surface area contributed by atoms with Crippen molar-refractivity contribution in [1.82, 2.24) is 14.9 Å². The van der Waals surface area contributed by atoms with Gasteiger partial charge in [-0.2, -0.15) is 0 Å². The molecule has 1 spiro atoms. The first-order valence-corrected chi connectivity index (χ1v) is 12.3. The molecule has 3 aromatic rings. The highest BCUT2D eigenvalue weighted by Crippen LogP contribution is 2.46. The Labute approximate surface area is 193 Å². The Morgan fingerprint density at radius 1 is 1.12 bits per heavy atom. The summed E-state index contributed by atoms with van der Waals surface area (Å²) in [6.45, 7) is 12.0. The van der Waals surface area contributed by atoms with E-state index in [0.29, 0.717) is 25.2 Å². The topological polar surface area (TPSA) is 66.1 Å². The van der Waals surface area contributed by atoms with Gasteiger partial charge in [0, 0.05) is 52.5 Å². The molecule has 0 radical (unpaired) electrons. The van der Waals surface area contributed by atoms with Crippen molar-refractivity contribution in [1.29, 1.82) is 0 Å². The number of fused-ring (bicyclic) bond motifs is 2. The molecule has 5 rings (SSSR count). The molecule has 2 aliphatic rings. The van der Waals surface area contributed by atoms with Crippen molar-refractivity contribution in [2.75, 3.05) is 13.1 Å². The monoisotopic (exact) mass is 449 g/mol. The number of hydrogen-bond donors (Lipinski definition) is 1. The summed E-state index contributed by atoms with van der Waals surface area (Å²) >= 11 is 1.71. The minimum Gasteiger partial charge on any atom is -0.361 e. The Balaban J connectivity index is 1.34. The Hall–Kier alpha value is -2.47. The molecule has 0 bridgehead atoms. The second-order valence-electron chi connectivity index (χ2n) is 10.8. The fraction of sp³-hybridized carbons (Fsp3) is 0.500. The summed E-state index contributed by atoms with van der Waals surface area (Å²) in [4.78, 5) is 37.4. The van der Waals surface area contributed by atoms with Crippen molar-refractivity contribution >= 4 is 33.9 Å². The fourth-order valence-corrected chi connectivity index (χ4v) is 6.54. The Morgan fingerprint density at radius 2 is 1.84 bits per heavy atom. The number of aromatic nitrogens is 2. The molecule has 1 aromatic carbocycles. The van der Waals surface area contributed by atoms with Crippen molar-refractivity contribution in [3.05, 3.63) is 50.6 Å². The van der Waals surface area contributed by atoms with Gasteiger partial charge in [0.15, 0.2) is 5.78 Å². The number of amides is 1. The molecule has 6 heteroatoms. The van der Waals surface area contributed by atoms with Crippen molar-refractivity contribution < 1.29 is 9.59 Å². The van der Waals surface area contributed by atoms with Crippen molar-refractivity contribution in [3.8, 4) is 0 Å². The molecule has 5 nitrogen and oxygen atoms in total. The summed E-state index contributed by atoms with van der Waals surface area (Å²) in [7, 11) is 0. The highest BCUT2D eigenvalue weighted by atomic mass is 32.1. The number of carbonyl (C=O) groups is 2. The molecule has 0 unspecified atom stereocenters. The number of hydrogen-bond acceptors (Lipinski definition) is 4. The molecule has 1 saturated heterocycles. The molecular formula is C26H31N3O2S. The zero-order valence-corrected chi connectivity index (χ0v) is 20.4. The predicted molar refractivity (Wildman–Crippen MR) is 129 cm³/mol. The first-order valence-electron chi connectivity index (χ1n) is 11.5. The Kier molecular flexibility index (Phi) is 4.86. The number of carbonyl (C=O) groups excluding carboxylic acids is 2. The summed E-state index contributed by atoms with van der Waals surface area (Å²) in [6.07, 6.45) is 5.21. The van der Waals surface area contributed by atoms with Gasteiger partial charge in [0.1, 0.15) is 5.69 Å². The summed E-state index contributed by atoms with van der Waals surface area (Å²) in [5, 5.41) is 2.17. The number of nitrogens with one attached hydrogen (secondary N) is 1. The number of benzene rings is 1. The van der Waals surface area contributed by atoms with Crippen LogP contribution in [-0.2, 0) is 11.8 Å². The van der Waals surface area contributed by atoms with Gasteiger partial charge in [-0.15, -0.1) is 11.3 Å². The van der Waals surface area contributed by atoms with E-state index in [2.05, 4.69) is 32.7 Å². The van der Waals surface area contributed by atoms with Crippen LogP contribution in [0.25, 0.3) is 10.9 Å². The molecule has 1 N–H and O–H groups in total. The van der Waals surface area contributed by atoms with E-state index >= 15 is 0 Å². The van der Waals surface area contributed by atoms with Gasteiger partial charge in [-0.1, -0.05) is 20.8 Å². The lowest BCUT2D eigenvalue weighted by molar-refractivity contribution is 0.0522. The summed E-state index contributed by atoms with van der Waals surface area (Å²) < 4.78 is 0. The molecular weight excluding hydrogens is 418 g/mol. The molecule has 1 fully saturated rings. The standard InChI is InChI=1S/C26H31N3O2S/c1-15-10-17(11-18-16(2)14-27-21(15)18)23(31)29-8-6-26(7-9-29)12-19(30)22-20(13-26)32-24(28-22)25(3,4)5/h10-11,14,27H,6-9,12-13H2,1-5H3. The number of Topliss-reactive ketones (excluding diaryl/α,β-unsaturated/α-hetero) is 1. The van der Waals surface area contributed by atoms with Crippen LogP contribution in [0.2, 0.25) is 0 Å². The van der Waals surface area contributed by atoms with Crippen LogP contribution in [0.1, 0.15) is 81.9 Å². The maximum absolute atomic E-state index is 13.3. The number of aryl methyl sites for hydroxylation is 2. The average Bonchev–Trinajstić information content (AvgIpc) is 3.32. The highest BCUT2D eigenvalue weighted by Gasteiger charge is 2.43. The van der Waals surface area contributed by atoms with E-state index in [0.717, 1.165) is 56.7 Å². The maximum Gasteiger partial charge on any atom is 0.253 e. The van der Waals surface area contributed by atoms with Crippen LogP contribution in [0.4, 0.5) is 0 Å². The van der Waals surface area contributed by atoms with E-state index < -0.39 is 0 Å². The van der Waals surface area contributed by atoms with Gasteiger partial charge in [-0.05, 0) is 61.8 Å². The van der Waals surface area contributed by atoms with E-state index in [1.165, 1.54) is 0 Å². The first kappa shape index (κ1) is 21.4. The number of thiazole rings is 1. The molecule has 0 atom stereocenters. The zero-order chi connectivity index (χ0) is 22.8.